The molecule has 1 aliphatic carbocycles. The molecule has 4 N–H and O–H groups in total. The lowest BCUT2D eigenvalue weighted by atomic mass is 9.78. The summed E-state index contributed by atoms with van der Waals surface area (Å²) >= 11 is 0. The van der Waals surface area contributed by atoms with Crippen molar-refractivity contribution in [3.8, 4) is 5.75 Å². The molecule has 1 amide bonds. The van der Waals surface area contributed by atoms with Crippen LogP contribution in [0.15, 0.2) is 36.4 Å². The molecule has 0 bridgehead atoms. The molecule has 2 aromatic rings. The zero-order chi connectivity index (χ0) is 25.4. The van der Waals surface area contributed by atoms with Crippen LogP contribution in [0.2, 0.25) is 0 Å². The molecule has 1 fully saturated rings. The summed E-state index contributed by atoms with van der Waals surface area (Å²) in [6.07, 6.45) is 2.95. The number of carbonyl (C=O) groups is 4. The maximum absolute atomic E-state index is 12.8. The number of anilines is 1. The van der Waals surface area contributed by atoms with E-state index in [9.17, 15) is 28.7 Å². The third-order valence-electron chi connectivity index (χ3n) is 5.49. The highest BCUT2D eigenvalue weighted by atomic mass is 19.1. The predicted octanol–water partition coefficient (Wildman–Crippen LogP) is 4.06. The maximum atomic E-state index is 12.8. The molecular weight excluding hydrogens is 449 g/mol. The number of methoxy groups -OCH3 is 1. The molecule has 0 unspecified atom stereocenters. The van der Waals surface area contributed by atoms with Gasteiger partial charge in [-0.15, -0.1) is 0 Å². The minimum Gasteiger partial charge on any atom is -0.495 e. The van der Waals surface area contributed by atoms with Crippen molar-refractivity contribution in [2.24, 2.45) is 11.8 Å². The van der Waals surface area contributed by atoms with Gasteiger partial charge in [-0.3, -0.25) is 9.59 Å². The lowest BCUT2D eigenvalue weighted by molar-refractivity contribution is -0.147. The molecule has 3 rings (SSSR count). The fourth-order valence-electron chi connectivity index (χ4n) is 3.80. The first-order valence-corrected chi connectivity index (χ1v) is 10.5. The second-order valence-electron chi connectivity index (χ2n) is 7.80. The van der Waals surface area contributed by atoms with Crippen LogP contribution in [0.25, 0.3) is 0 Å². The average molecular weight is 475 g/mol. The Bertz CT molecular complexity index is 1080. The summed E-state index contributed by atoms with van der Waals surface area (Å²) in [5.74, 6) is -5.69. The topological polar surface area (TPSA) is 150 Å². The molecule has 34 heavy (non-hydrogen) atoms. The van der Waals surface area contributed by atoms with E-state index in [1.54, 1.807) is 13.2 Å². The van der Waals surface area contributed by atoms with Gasteiger partial charge in [0, 0.05) is 0 Å². The third kappa shape index (κ3) is 6.53. The lowest BCUT2D eigenvalue weighted by Gasteiger charge is -2.27. The molecule has 1 aliphatic rings. The van der Waals surface area contributed by atoms with Crippen LogP contribution in [0, 0.1) is 24.6 Å². The Balaban J connectivity index is 0.000000270. The Morgan fingerprint density at radius 2 is 1.62 bits per heavy atom. The highest BCUT2D eigenvalue weighted by molar-refractivity contribution is 6.01. The number of carbonyl (C=O) groups excluding carboxylic acids is 1. The van der Waals surface area contributed by atoms with Crippen LogP contribution in [-0.4, -0.2) is 46.2 Å². The van der Waals surface area contributed by atoms with Crippen LogP contribution in [0.1, 0.15) is 52.0 Å². The molecule has 182 valence electrons. The first-order valence-electron chi connectivity index (χ1n) is 10.5. The molecule has 0 aliphatic heterocycles. The summed E-state index contributed by atoms with van der Waals surface area (Å²) in [7, 11) is 1.54. The van der Waals surface area contributed by atoms with Crippen molar-refractivity contribution in [3.05, 3.63) is 58.9 Å². The number of aliphatic carboxylic acids is 1. The summed E-state index contributed by atoms with van der Waals surface area (Å²) in [5, 5.41) is 29.1. The van der Waals surface area contributed by atoms with Crippen LogP contribution >= 0.6 is 0 Å². The Morgan fingerprint density at radius 3 is 2.15 bits per heavy atom. The molecule has 10 heteroatoms. The molecule has 0 heterocycles. The fraction of sp³-hybridized carbons (Fsp3) is 0.333. The zero-order valence-electron chi connectivity index (χ0n) is 18.7. The SMILES string of the molecule is COc1ccc(C)cc1NC(=O)[C@H]1CCCC[C@H]1C(=O)O.O=C(O)c1cccc(F)c1C(=O)O. The Labute approximate surface area is 195 Å². The van der Waals surface area contributed by atoms with Crippen molar-refractivity contribution in [1.82, 2.24) is 0 Å². The summed E-state index contributed by atoms with van der Waals surface area (Å²) in [5.41, 5.74) is 0.240. The molecule has 2 atom stereocenters. The number of rotatable bonds is 6. The number of aromatic carboxylic acids is 2. The van der Waals surface area contributed by atoms with Gasteiger partial charge in [0.15, 0.2) is 0 Å². The van der Waals surface area contributed by atoms with Gasteiger partial charge in [0.25, 0.3) is 0 Å². The van der Waals surface area contributed by atoms with Gasteiger partial charge in [0.2, 0.25) is 5.91 Å². The second-order valence-corrected chi connectivity index (χ2v) is 7.80. The standard InChI is InChI=1S/C16H21NO4.C8H5FO4/c1-10-7-8-14(21-2)13(9-10)17-15(18)11-5-3-4-6-12(11)16(19)20;9-5-3-1-2-4(7(10)11)6(5)8(12)13/h7-9,11-12H,3-6H2,1-2H3,(H,17,18)(H,19,20);1-3H,(H,10,11)(H,12,13)/t11-,12+;/m0./s1. The number of carboxylic acid groups (broad SMARTS) is 3. The highest BCUT2D eigenvalue weighted by Crippen LogP contribution is 2.33. The Hall–Kier alpha value is -3.95. The van der Waals surface area contributed by atoms with Crippen molar-refractivity contribution in [3.63, 3.8) is 0 Å². The van der Waals surface area contributed by atoms with E-state index in [1.165, 1.54) is 0 Å². The number of halogens is 1. The van der Waals surface area contributed by atoms with Crippen LogP contribution < -0.4 is 10.1 Å². The van der Waals surface area contributed by atoms with E-state index < -0.39 is 46.7 Å². The molecular formula is C24H26FNO8. The van der Waals surface area contributed by atoms with Crippen molar-refractivity contribution in [2.75, 3.05) is 12.4 Å². The van der Waals surface area contributed by atoms with E-state index in [4.69, 9.17) is 14.9 Å². The van der Waals surface area contributed by atoms with Crippen LogP contribution in [0.3, 0.4) is 0 Å². The fourth-order valence-corrected chi connectivity index (χ4v) is 3.80. The quantitative estimate of drug-likeness (QED) is 0.489. The molecule has 2 aromatic carbocycles. The number of carboxylic acids is 3. The molecule has 1 saturated carbocycles. The Morgan fingerprint density at radius 1 is 0.971 bits per heavy atom. The van der Waals surface area contributed by atoms with Crippen molar-refractivity contribution in [1.29, 1.82) is 0 Å². The molecule has 9 nitrogen and oxygen atoms in total. The number of benzene rings is 2. The molecule has 0 aromatic heterocycles. The van der Waals surface area contributed by atoms with Gasteiger partial charge in [0.05, 0.1) is 30.2 Å². The minimum absolute atomic E-state index is 0.231. The van der Waals surface area contributed by atoms with Gasteiger partial charge in [0.1, 0.15) is 17.1 Å². The smallest absolute Gasteiger partial charge is 0.339 e. The first-order chi connectivity index (χ1) is 16.1. The largest absolute Gasteiger partial charge is 0.495 e. The van der Waals surface area contributed by atoms with Gasteiger partial charge in [-0.05, 0) is 49.6 Å². The van der Waals surface area contributed by atoms with E-state index in [0.29, 0.717) is 24.3 Å². The zero-order valence-corrected chi connectivity index (χ0v) is 18.7. The van der Waals surface area contributed by atoms with Gasteiger partial charge in [-0.1, -0.05) is 25.0 Å². The van der Waals surface area contributed by atoms with E-state index in [2.05, 4.69) is 5.32 Å². The van der Waals surface area contributed by atoms with Gasteiger partial charge in [-0.2, -0.15) is 0 Å². The number of aryl methyl sites for hydroxylation is 1. The third-order valence-corrected chi connectivity index (χ3v) is 5.49. The van der Waals surface area contributed by atoms with E-state index in [0.717, 1.165) is 36.6 Å². The van der Waals surface area contributed by atoms with Gasteiger partial charge in [-0.25, -0.2) is 14.0 Å². The van der Waals surface area contributed by atoms with Crippen molar-refractivity contribution in [2.45, 2.75) is 32.6 Å². The van der Waals surface area contributed by atoms with E-state index in [1.807, 2.05) is 19.1 Å². The summed E-state index contributed by atoms with van der Waals surface area (Å²) in [4.78, 5) is 44.6. The van der Waals surface area contributed by atoms with Crippen LogP contribution in [0.4, 0.5) is 10.1 Å². The van der Waals surface area contributed by atoms with Crippen LogP contribution in [-0.2, 0) is 9.59 Å². The molecule has 0 spiro atoms. The number of nitrogens with one attached hydrogen (secondary N) is 1. The highest BCUT2D eigenvalue weighted by Gasteiger charge is 2.35. The molecule has 0 radical (unpaired) electrons. The summed E-state index contributed by atoms with van der Waals surface area (Å²) in [6.45, 7) is 1.93. The molecule has 0 saturated heterocycles. The Kier molecular flexibility index (Phi) is 9.11. The van der Waals surface area contributed by atoms with E-state index in [-0.39, 0.29) is 5.91 Å². The van der Waals surface area contributed by atoms with Crippen molar-refractivity contribution >= 4 is 29.5 Å². The average Bonchev–Trinajstić information content (AvgIpc) is 2.79. The number of amides is 1. The van der Waals surface area contributed by atoms with Gasteiger partial charge < -0.3 is 25.4 Å². The van der Waals surface area contributed by atoms with Gasteiger partial charge >= 0.3 is 17.9 Å². The van der Waals surface area contributed by atoms with E-state index >= 15 is 0 Å². The predicted molar refractivity (Wildman–Crippen MR) is 120 cm³/mol. The normalized spacial score (nSPS) is 17.0. The number of hydrogen-bond acceptors (Lipinski definition) is 5. The van der Waals surface area contributed by atoms with Crippen molar-refractivity contribution < 1.29 is 43.6 Å². The summed E-state index contributed by atoms with van der Waals surface area (Å²) < 4.78 is 18.0. The minimum atomic E-state index is -1.59. The lowest BCUT2D eigenvalue weighted by Crippen LogP contribution is -2.36. The number of ether oxygens (including phenoxy) is 1. The number of hydrogen-bond donors (Lipinski definition) is 4. The monoisotopic (exact) mass is 475 g/mol. The van der Waals surface area contributed by atoms with Crippen LogP contribution in [0.5, 0.6) is 5.75 Å². The first kappa shape index (κ1) is 26.3. The summed E-state index contributed by atoms with van der Waals surface area (Å²) in [6, 6.07) is 8.60. The maximum Gasteiger partial charge on any atom is 0.339 e. The second kappa shape index (κ2) is 11.8.